The second-order valence-corrected chi connectivity index (χ2v) is 7.93. The summed E-state index contributed by atoms with van der Waals surface area (Å²) in [4.78, 5) is 13.9. The van der Waals surface area contributed by atoms with Gasteiger partial charge in [-0.2, -0.15) is 5.10 Å². The number of aryl methyl sites for hydroxylation is 2. The lowest BCUT2D eigenvalue weighted by Gasteiger charge is -2.37. The molecule has 0 saturated carbocycles. The molecule has 0 aliphatic carbocycles. The van der Waals surface area contributed by atoms with Crippen molar-refractivity contribution in [2.24, 2.45) is 0 Å². The molecule has 7 nitrogen and oxygen atoms in total. The highest BCUT2D eigenvalue weighted by Gasteiger charge is 2.23. The van der Waals surface area contributed by atoms with Crippen LogP contribution in [0, 0.1) is 13.8 Å². The quantitative estimate of drug-likeness (QED) is 0.507. The lowest BCUT2D eigenvalue weighted by molar-refractivity contribution is 0.413. The number of hydrogen-bond donors (Lipinski definition) is 0. The molecular formula is C24H26N6O. The number of nitrogens with zero attached hydrogens (tertiary/aromatic N) is 6. The minimum atomic E-state index is 0.837. The van der Waals surface area contributed by atoms with Crippen molar-refractivity contribution in [3.05, 3.63) is 66.1 Å². The molecule has 7 heteroatoms. The molecule has 0 bridgehead atoms. The zero-order chi connectivity index (χ0) is 21.4. The Bertz CT molecular complexity index is 1230. The normalized spacial score (nSPS) is 14.3. The number of benzene rings is 2. The molecule has 3 heterocycles. The van der Waals surface area contributed by atoms with E-state index in [1.165, 1.54) is 11.1 Å². The molecule has 4 aromatic rings. The number of fused-ring (bicyclic) bond motifs is 1. The molecule has 0 radical (unpaired) electrons. The summed E-state index contributed by atoms with van der Waals surface area (Å²) in [5, 5.41) is 5.64. The molecule has 158 valence electrons. The number of anilines is 2. The number of para-hydroxylation sites is 2. The van der Waals surface area contributed by atoms with Crippen LogP contribution < -0.4 is 14.5 Å². The van der Waals surface area contributed by atoms with E-state index in [1.54, 1.807) is 13.4 Å². The fourth-order valence-corrected chi connectivity index (χ4v) is 4.35. The smallest absolute Gasteiger partial charge is 0.168 e. The average molecular weight is 415 g/mol. The van der Waals surface area contributed by atoms with Crippen LogP contribution in [0.25, 0.3) is 16.7 Å². The number of aromatic nitrogens is 4. The van der Waals surface area contributed by atoms with Crippen molar-refractivity contribution < 1.29 is 4.74 Å². The predicted octanol–water partition coefficient (Wildman–Crippen LogP) is 3.77. The average Bonchev–Trinajstić information content (AvgIpc) is 3.23. The number of piperazine rings is 1. The molecule has 0 atom stereocenters. The predicted molar refractivity (Wildman–Crippen MR) is 124 cm³/mol. The zero-order valence-corrected chi connectivity index (χ0v) is 18.1. The minimum Gasteiger partial charge on any atom is -0.495 e. The first-order valence-corrected chi connectivity index (χ1v) is 10.5. The summed E-state index contributed by atoms with van der Waals surface area (Å²) in [6.07, 6.45) is 3.53. The summed E-state index contributed by atoms with van der Waals surface area (Å²) in [5.74, 6) is 1.86. The van der Waals surface area contributed by atoms with Gasteiger partial charge in [-0.15, -0.1) is 0 Å². The molecule has 0 unspecified atom stereocenters. The lowest BCUT2D eigenvalue weighted by Crippen LogP contribution is -2.47. The van der Waals surface area contributed by atoms with Crippen LogP contribution in [0.15, 0.2) is 55.0 Å². The molecule has 1 saturated heterocycles. The van der Waals surface area contributed by atoms with E-state index in [9.17, 15) is 0 Å². The third kappa shape index (κ3) is 3.46. The fraction of sp³-hybridized carbons (Fsp3) is 0.292. The van der Waals surface area contributed by atoms with E-state index in [4.69, 9.17) is 4.74 Å². The molecular weight excluding hydrogens is 388 g/mol. The van der Waals surface area contributed by atoms with Gasteiger partial charge in [-0.3, -0.25) is 0 Å². The topological polar surface area (TPSA) is 59.3 Å². The molecule has 1 fully saturated rings. The number of hydrogen-bond acceptors (Lipinski definition) is 6. The first-order chi connectivity index (χ1) is 15.2. The number of methoxy groups -OCH3 is 1. The minimum absolute atomic E-state index is 0.837. The van der Waals surface area contributed by atoms with Crippen LogP contribution in [0.2, 0.25) is 0 Å². The molecule has 1 aliphatic rings. The van der Waals surface area contributed by atoms with Crippen LogP contribution in [0.3, 0.4) is 0 Å². The lowest BCUT2D eigenvalue weighted by atomic mass is 10.1. The second kappa shape index (κ2) is 7.91. The van der Waals surface area contributed by atoms with Gasteiger partial charge in [0.25, 0.3) is 0 Å². The molecule has 2 aromatic heterocycles. The Morgan fingerprint density at radius 1 is 0.871 bits per heavy atom. The molecule has 2 aromatic carbocycles. The van der Waals surface area contributed by atoms with Crippen LogP contribution in [0.5, 0.6) is 5.75 Å². The van der Waals surface area contributed by atoms with Gasteiger partial charge >= 0.3 is 0 Å². The first-order valence-electron chi connectivity index (χ1n) is 10.5. The van der Waals surface area contributed by atoms with E-state index in [2.05, 4.69) is 69.0 Å². The van der Waals surface area contributed by atoms with Crippen molar-refractivity contribution in [3.8, 4) is 11.4 Å². The van der Waals surface area contributed by atoms with Crippen LogP contribution in [-0.4, -0.2) is 53.0 Å². The molecule has 0 N–H and O–H groups in total. The maximum atomic E-state index is 5.54. The van der Waals surface area contributed by atoms with Crippen LogP contribution in [-0.2, 0) is 0 Å². The highest BCUT2D eigenvalue weighted by Crippen LogP contribution is 2.31. The van der Waals surface area contributed by atoms with Gasteiger partial charge in [0, 0.05) is 26.2 Å². The standard InChI is InChI=1S/C24H26N6O/c1-17-8-9-20(18(2)14-17)30-24-19(15-27-30)23(25-16-26-24)29-12-10-28(11-13-29)21-6-4-5-7-22(21)31-3/h4-9,14-16H,10-13H2,1-3H3. The molecule has 1 aliphatic heterocycles. The van der Waals surface area contributed by atoms with Crippen molar-refractivity contribution in [2.45, 2.75) is 13.8 Å². The van der Waals surface area contributed by atoms with Gasteiger partial charge in [-0.1, -0.05) is 29.8 Å². The monoisotopic (exact) mass is 414 g/mol. The Morgan fingerprint density at radius 3 is 2.42 bits per heavy atom. The Morgan fingerprint density at radius 2 is 1.65 bits per heavy atom. The van der Waals surface area contributed by atoms with Crippen molar-refractivity contribution in [1.29, 1.82) is 0 Å². The summed E-state index contributed by atoms with van der Waals surface area (Å²) in [7, 11) is 1.72. The van der Waals surface area contributed by atoms with E-state index in [1.807, 2.05) is 23.0 Å². The fourth-order valence-electron chi connectivity index (χ4n) is 4.35. The largest absolute Gasteiger partial charge is 0.495 e. The Balaban J connectivity index is 1.42. The number of ether oxygens (including phenoxy) is 1. The van der Waals surface area contributed by atoms with Crippen LogP contribution >= 0.6 is 0 Å². The van der Waals surface area contributed by atoms with Gasteiger partial charge in [0.05, 0.1) is 30.1 Å². The zero-order valence-electron chi connectivity index (χ0n) is 18.1. The Hall–Kier alpha value is -3.61. The third-order valence-electron chi connectivity index (χ3n) is 5.93. The summed E-state index contributed by atoms with van der Waals surface area (Å²) in [5.41, 5.74) is 5.44. The first kappa shape index (κ1) is 19.4. The van der Waals surface area contributed by atoms with Crippen molar-refractivity contribution in [2.75, 3.05) is 43.1 Å². The van der Waals surface area contributed by atoms with Crippen molar-refractivity contribution in [3.63, 3.8) is 0 Å². The highest BCUT2D eigenvalue weighted by molar-refractivity contribution is 5.88. The van der Waals surface area contributed by atoms with Crippen molar-refractivity contribution >= 4 is 22.5 Å². The molecule has 5 rings (SSSR count). The SMILES string of the molecule is COc1ccccc1N1CCN(c2ncnc3c2cnn3-c2ccc(C)cc2C)CC1. The molecule has 0 amide bonds. The third-order valence-corrected chi connectivity index (χ3v) is 5.93. The van der Waals surface area contributed by atoms with Gasteiger partial charge in [0.1, 0.15) is 17.9 Å². The van der Waals surface area contributed by atoms with E-state index < -0.39 is 0 Å². The Labute approximate surface area is 181 Å². The van der Waals surface area contributed by atoms with E-state index >= 15 is 0 Å². The van der Waals surface area contributed by atoms with Crippen LogP contribution in [0.1, 0.15) is 11.1 Å². The second-order valence-electron chi connectivity index (χ2n) is 7.93. The van der Waals surface area contributed by atoms with Gasteiger partial charge < -0.3 is 14.5 Å². The summed E-state index contributed by atoms with van der Waals surface area (Å²) >= 11 is 0. The van der Waals surface area contributed by atoms with E-state index in [-0.39, 0.29) is 0 Å². The maximum Gasteiger partial charge on any atom is 0.168 e. The number of rotatable bonds is 4. The van der Waals surface area contributed by atoms with Gasteiger partial charge in [-0.25, -0.2) is 14.6 Å². The summed E-state index contributed by atoms with van der Waals surface area (Å²) < 4.78 is 7.46. The Kier molecular flexibility index (Phi) is 4.94. The maximum absolute atomic E-state index is 5.54. The van der Waals surface area contributed by atoms with Gasteiger partial charge in [0.2, 0.25) is 0 Å². The molecule has 31 heavy (non-hydrogen) atoms. The summed E-state index contributed by atoms with van der Waals surface area (Å²) in [6, 6.07) is 14.6. The summed E-state index contributed by atoms with van der Waals surface area (Å²) in [6.45, 7) is 7.75. The molecule has 0 spiro atoms. The van der Waals surface area contributed by atoms with Gasteiger partial charge in [0.15, 0.2) is 5.65 Å². The van der Waals surface area contributed by atoms with Crippen LogP contribution in [0.4, 0.5) is 11.5 Å². The van der Waals surface area contributed by atoms with E-state index in [0.717, 1.165) is 60.2 Å². The van der Waals surface area contributed by atoms with Gasteiger partial charge in [-0.05, 0) is 37.6 Å². The van der Waals surface area contributed by atoms with E-state index in [0.29, 0.717) is 0 Å². The van der Waals surface area contributed by atoms with Crippen molar-refractivity contribution in [1.82, 2.24) is 19.7 Å². The highest BCUT2D eigenvalue weighted by atomic mass is 16.5.